The van der Waals surface area contributed by atoms with Crippen LogP contribution >= 0.6 is 15.9 Å². The van der Waals surface area contributed by atoms with Crippen molar-refractivity contribution in [3.8, 4) is 0 Å². The molecule has 1 aliphatic rings. The molecule has 1 amide bonds. The Morgan fingerprint density at radius 2 is 2.20 bits per heavy atom. The van der Waals surface area contributed by atoms with Gasteiger partial charge in [0.25, 0.3) is 5.91 Å². The molecule has 1 heterocycles. The summed E-state index contributed by atoms with van der Waals surface area (Å²) >= 11 is 3.17. The molecule has 2 N–H and O–H groups in total. The van der Waals surface area contributed by atoms with Gasteiger partial charge in [-0.2, -0.15) is 0 Å². The molecule has 108 valence electrons. The van der Waals surface area contributed by atoms with Crippen LogP contribution in [-0.4, -0.2) is 35.7 Å². The fraction of sp³-hybridized carbons (Fsp3) is 0.385. The number of carbonyl (C=O) groups is 2. The Kier molecular flexibility index (Phi) is 4.72. The van der Waals surface area contributed by atoms with Crippen molar-refractivity contribution in [2.75, 3.05) is 6.54 Å². The van der Waals surface area contributed by atoms with Crippen molar-refractivity contribution in [2.45, 2.75) is 25.0 Å². The molecule has 2 rings (SSSR count). The van der Waals surface area contributed by atoms with E-state index in [-0.39, 0.29) is 18.2 Å². The second-order valence-electron chi connectivity index (χ2n) is 4.50. The van der Waals surface area contributed by atoms with E-state index in [0.717, 1.165) is 0 Å². The third kappa shape index (κ3) is 3.55. The lowest BCUT2D eigenvalue weighted by Crippen LogP contribution is -2.33. The second kappa shape index (κ2) is 6.32. The van der Waals surface area contributed by atoms with Gasteiger partial charge < -0.3 is 15.2 Å². The molecule has 2 unspecified atom stereocenters. The minimum Gasteiger partial charge on any atom is -0.479 e. The SMILES string of the molecule is O=C(NCC1CCC(C(=O)O)O1)c1cc(Br)ccc1F. The summed E-state index contributed by atoms with van der Waals surface area (Å²) in [6.45, 7) is 0.161. The number of hydrogen-bond donors (Lipinski definition) is 2. The summed E-state index contributed by atoms with van der Waals surface area (Å²) in [6.07, 6.45) is -0.200. The molecular formula is C13H13BrFNO4. The number of ether oxygens (including phenoxy) is 1. The topological polar surface area (TPSA) is 75.6 Å². The molecule has 0 radical (unpaired) electrons. The molecule has 2 atom stereocenters. The average Bonchev–Trinajstić information content (AvgIpc) is 2.88. The van der Waals surface area contributed by atoms with Crippen molar-refractivity contribution >= 4 is 27.8 Å². The first kappa shape index (κ1) is 14.9. The van der Waals surface area contributed by atoms with Crippen molar-refractivity contribution in [3.05, 3.63) is 34.1 Å². The smallest absolute Gasteiger partial charge is 0.332 e. The Bertz CT molecular complexity index is 537. The molecule has 1 fully saturated rings. The monoisotopic (exact) mass is 345 g/mol. The van der Waals surface area contributed by atoms with Gasteiger partial charge >= 0.3 is 5.97 Å². The van der Waals surface area contributed by atoms with Crippen molar-refractivity contribution in [2.24, 2.45) is 0 Å². The summed E-state index contributed by atoms with van der Waals surface area (Å²) in [5.74, 6) is -2.16. The molecule has 0 aromatic heterocycles. The molecule has 0 saturated carbocycles. The Morgan fingerprint density at radius 1 is 1.45 bits per heavy atom. The van der Waals surface area contributed by atoms with Crippen molar-refractivity contribution in [1.29, 1.82) is 0 Å². The van der Waals surface area contributed by atoms with E-state index < -0.39 is 23.8 Å². The van der Waals surface area contributed by atoms with Gasteiger partial charge in [-0.1, -0.05) is 15.9 Å². The zero-order valence-corrected chi connectivity index (χ0v) is 12.0. The van der Waals surface area contributed by atoms with E-state index in [9.17, 15) is 14.0 Å². The lowest BCUT2D eigenvalue weighted by molar-refractivity contribution is -0.149. The molecule has 0 aliphatic carbocycles. The van der Waals surface area contributed by atoms with Gasteiger partial charge in [0, 0.05) is 11.0 Å². The number of carbonyl (C=O) groups excluding carboxylic acids is 1. The van der Waals surface area contributed by atoms with Gasteiger partial charge in [0.15, 0.2) is 6.10 Å². The fourth-order valence-electron chi connectivity index (χ4n) is 2.01. The van der Waals surface area contributed by atoms with Gasteiger partial charge in [-0.15, -0.1) is 0 Å². The number of carboxylic acids is 1. The molecule has 0 bridgehead atoms. The zero-order valence-electron chi connectivity index (χ0n) is 10.4. The number of aliphatic carboxylic acids is 1. The summed E-state index contributed by atoms with van der Waals surface area (Å²) in [5.41, 5.74) is -0.0628. The number of benzene rings is 1. The van der Waals surface area contributed by atoms with Crippen molar-refractivity contribution in [1.82, 2.24) is 5.32 Å². The van der Waals surface area contributed by atoms with Crippen LogP contribution in [0.1, 0.15) is 23.2 Å². The Labute approximate surface area is 123 Å². The van der Waals surface area contributed by atoms with E-state index in [0.29, 0.717) is 17.3 Å². The molecule has 7 heteroatoms. The molecule has 1 aliphatic heterocycles. The first-order valence-electron chi connectivity index (χ1n) is 6.09. The quantitative estimate of drug-likeness (QED) is 0.874. The van der Waals surface area contributed by atoms with Crippen LogP contribution in [-0.2, 0) is 9.53 Å². The zero-order chi connectivity index (χ0) is 14.7. The van der Waals surface area contributed by atoms with Crippen LogP contribution in [0.5, 0.6) is 0 Å². The highest BCUT2D eigenvalue weighted by Gasteiger charge is 2.30. The van der Waals surface area contributed by atoms with E-state index in [2.05, 4.69) is 21.2 Å². The molecular weight excluding hydrogens is 333 g/mol. The maximum absolute atomic E-state index is 13.5. The lowest BCUT2D eigenvalue weighted by atomic mass is 10.1. The van der Waals surface area contributed by atoms with Crippen LogP contribution in [0, 0.1) is 5.82 Å². The van der Waals surface area contributed by atoms with E-state index in [1.54, 1.807) is 0 Å². The van der Waals surface area contributed by atoms with Crippen LogP contribution < -0.4 is 5.32 Å². The van der Waals surface area contributed by atoms with Crippen LogP contribution in [0.3, 0.4) is 0 Å². The summed E-state index contributed by atoms with van der Waals surface area (Å²) < 4.78 is 19.3. The highest BCUT2D eigenvalue weighted by atomic mass is 79.9. The van der Waals surface area contributed by atoms with Gasteiger partial charge in [0.1, 0.15) is 5.82 Å². The molecule has 0 spiro atoms. The van der Waals surface area contributed by atoms with Crippen molar-refractivity contribution < 1.29 is 23.8 Å². The molecule has 1 aromatic rings. The minimum atomic E-state index is -1.00. The van der Waals surface area contributed by atoms with E-state index in [1.165, 1.54) is 18.2 Å². The second-order valence-corrected chi connectivity index (χ2v) is 5.41. The largest absolute Gasteiger partial charge is 0.479 e. The number of halogens is 2. The lowest BCUT2D eigenvalue weighted by Gasteiger charge is -2.12. The predicted molar refractivity (Wildman–Crippen MR) is 72.0 cm³/mol. The normalized spacial score (nSPS) is 21.7. The number of amides is 1. The van der Waals surface area contributed by atoms with Crippen LogP contribution in [0.25, 0.3) is 0 Å². The first-order chi connectivity index (χ1) is 9.47. The van der Waals surface area contributed by atoms with Crippen LogP contribution in [0.2, 0.25) is 0 Å². The van der Waals surface area contributed by atoms with E-state index in [4.69, 9.17) is 9.84 Å². The number of nitrogens with one attached hydrogen (secondary N) is 1. The molecule has 20 heavy (non-hydrogen) atoms. The number of rotatable bonds is 4. The first-order valence-corrected chi connectivity index (χ1v) is 6.88. The standard InChI is InChI=1S/C13H13BrFNO4/c14-7-1-3-10(15)9(5-7)12(17)16-6-8-2-4-11(20-8)13(18)19/h1,3,5,8,11H,2,4,6H2,(H,16,17)(H,18,19). The van der Waals surface area contributed by atoms with Gasteiger partial charge in [-0.25, -0.2) is 9.18 Å². The van der Waals surface area contributed by atoms with E-state index >= 15 is 0 Å². The summed E-state index contributed by atoms with van der Waals surface area (Å²) in [4.78, 5) is 22.6. The Balaban J connectivity index is 1.90. The van der Waals surface area contributed by atoms with Crippen LogP contribution in [0.4, 0.5) is 4.39 Å². The predicted octanol–water partition coefficient (Wildman–Crippen LogP) is 1.95. The average molecular weight is 346 g/mol. The molecule has 1 saturated heterocycles. The number of hydrogen-bond acceptors (Lipinski definition) is 3. The molecule has 1 aromatic carbocycles. The maximum atomic E-state index is 13.5. The minimum absolute atomic E-state index is 0.0628. The Hall–Kier alpha value is -1.47. The number of carboxylic acid groups (broad SMARTS) is 1. The van der Waals surface area contributed by atoms with Gasteiger partial charge in [0.2, 0.25) is 0 Å². The fourth-order valence-corrected chi connectivity index (χ4v) is 2.37. The highest BCUT2D eigenvalue weighted by Crippen LogP contribution is 2.20. The van der Waals surface area contributed by atoms with Gasteiger partial charge in [0.05, 0.1) is 11.7 Å². The van der Waals surface area contributed by atoms with Crippen molar-refractivity contribution in [3.63, 3.8) is 0 Å². The third-order valence-corrected chi connectivity index (χ3v) is 3.54. The van der Waals surface area contributed by atoms with Gasteiger partial charge in [-0.3, -0.25) is 4.79 Å². The molecule has 5 nitrogen and oxygen atoms in total. The highest BCUT2D eigenvalue weighted by molar-refractivity contribution is 9.10. The summed E-state index contributed by atoms with van der Waals surface area (Å²) in [7, 11) is 0. The summed E-state index contributed by atoms with van der Waals surface area (Å²) in [5, 5.41) is 11.3. The summed E-state index contributed by atoms with van der Waals surface area (Å²) in [6, 6.07) is 4.09. The third-order valence-electron chi connectivity index (χ3n) is 3.05. The maximum Gasteiger partial charge on any atom is 0.332 e. The van der Waals surface area contributed by atoms with Crippen LogP contribution in [0.15, 0.2) is 22.7 Å². The van der Waals surface area contributed by atoms with E-state index in [1.807, 2.05) is 0 Å². The Morgan fingerprint density at radius 3 is 2.85 bits per heavy atom. The van der Waals surface area contributed by atoms with Gasteiger partial charge in [-0.05, 0) is 31.0 Å².